The Hall–Kier alpha value is -1.12. The van der Waals surface area contributed by atoms with E-state index < -0.39 is 0 Å². The second-order valence-electron chi connectivity index (χ2n) is 2.90. The van der Waals surface area contributed by atoms with Gasteiger partial charge in [-0.15, -0.1) is 0 Å². The molecule has 0 aliphatic heterocycles. The number of ether oxygens (including phenoxy) is 1. The van der Waals surface area contributed by atoms with E-state index in [9.17, 15) is 4.79 Å². The Morgan fingerprint density at radius 1 is 1.57 bits per heavy atom. The second-order valence-corrected chi connectivity index (χ2v) is 2.90. The van der Waals surface area contributed by atoms with Crippen LogP contribution in [0.15, 0.2) is 0 Å². The monoisotopic (exact) mass is 199 g/mol. The van der Waals surface area contributed by atoms with Crippen molar-refractivity contribution in [2.24, 2.45) is 0 Å². The predicted molar refractivity (Wildman–Crippen MR) is 52.6 cm³/mol. The molecule has 1 amide bonds. The first kappa shape index (κ1) is 12.9. The van der Waals surface area contributed by atoms with E-state index in [-0.39, 0.29) is 11.9 Å². The Morgan fingerprint density at radius 3 is 2.86 bits per heavy atom. The third-order valence-corrected chi connectivity index (χ3v) is 1.62. The number of nitrogens with one attached hydrogen (secondary N) is 2. The lowest BCUT2D eigenvalue weighted by Gasteiger charge is -2.06. The van der Waals surface area contributed by atoms with Gasteiger partial charge in [-0.05, 0) is 6.92 Å². The SMILES string of the molecule is COCCNC(=O)CCNC(C)C#N. The lowest BCUT2D eigenvalue weighted by Crippen LogP contribution is -2.32. The minimum absolute atomic E-state index is 0.0281. The molecular weight excluding hydrogens is 182 g/mol. The summed E-state index contributed by atoms with van der Waals surface area (Å²) < 4.78 is 4.78. The van der Waals surface area contributed by atoms with Gasteiger partial charge in [0.1, 0.15) is 0 Å². The molecule has 14 heavy (non-hydrogen) atoms. The van der Waals surface area contributed by atoms with Gasteiger partial charge >= 0.3 is 0 Å². The largest absolute Gasteiger partial charge is 0.383 e. The number of hydrogen-bond donors (Lipinski definition) is 2. The van der Waals surface area contributed by atoms with Gasteiger partial charge in [-0.1, -0.05) is 0 Å². The highest BCUT2D eigenvalue weighted by atomic mass is 16.5. The number of methoxy groups -OCH3 is 1. The van der Waals surface area contributed by atoms with Crippen LogP contribution < -0.4 is 10.6 Å². The van der Waals surface area contributed by atoms with Crippen molar-refractivity contribution in [3.63, 3.8) is 0 Å². The van der Waals surface area contributed by atoms with Crippen molar-refractivity contribution in [3.8, 4) is 6.07 Å². The van der Waals surface area contributed by atoms with Crippen LogP contribution in [0.1, 0.15) is 13.3 Å². The number of amides is 1. The van der Waals surface area contributed by atoms with Crippen LogP contribution in [0.2, 0.25) is 0 Å². The van der Waals surface area contributed by atoms with Crippen LogP contribution in [0.3, 0.4) is 0 Å². The average molecular weight is 199 g/mol. The molecule has 0 bridgehead atoms. The van der Waals surface area contributed by atoms with Crippen molar-refractivity contribution in [2.75, 3.05) is 26.8 Å². The van der Waals surface area contributed by atoms with E-state index in [2.05, 4.69) is 10.6 Å². The van der Waals surface area contributed by atoms with E-state index in [4.69, 9.17) is 10.00 Å². The molecule has 0 heterocycles. The molecule has 0 aliphatic carbocycles. The van der Waals surface area contributed by atoms with Gasteiger partial charge in [0.15, 0.2) is 0 Å². The minimum Gasteiger partial charge on any atom is -0.383 e. The van der Waals surface area contributed by atoms with Crippen LogP contribution >= 0.6 is 0 Å². The molecule has 5 nitrogen and oxygen atoms in total. The highest BCUT2D eigenvalue weighted by molar-refractivity contribution is 5.76. The second kappa shape index (κ2) is 8.48. The molecule has 1 unspecified atom stereocenters. The van der Waals surface area contributed by atoms with Gasteiger partial charge in [0.2, 0.25) is 5.91 Å². The fourth-order valence-electron chi connectivity index (χ4n) is 0.829. The van der Waals surface area contributed by atoms with Crippen LogP contribution in [0, 0.1) is 11.3 Å². The zero-order valence-corrected chi connectivity index (χ0v) is 8.67. The summed E-state index contributed by atoms with van der Waals surface area (Å²) in [6, 6.07) is 1.82. The zero-order valence-electron chi connectivity index (χ0n) is 8.67. The molecule has 5 heteroatoms. The third-order valence-electron chi connectivity index (χ3n) is 1.62. The minimum atomic E-state index is -0.207. The average Bonchev–Trinajstić information content (AvgIpc) is 2.18. The maximum atomic E-state index is 11.1. The Balaban J connectivity index is 3.32. The summed E-state index contributed by atoms with van der Waals surface area (Å²) in [4.78, 5) is 11.1. The first-order valence-corrected chi connectivity index (χ1v) is 4.59. The van der Waals surface area contributed by atoms with Crippen molar-refractivity contribution < 1.29 is 9.53 Å². The molecule has 0 aromatic rings. The molecule has 0 aromatic heterocycles. The van der Waals surface area contributed by atoms with E-state index in [1.807, 2.05) is 6.07 Å². The van der Waals surface area contributed by atoms with Crippen molar-refractivity contribution in [1.29, 1.82) is 5.26 Å². The molecule has 0 spiro atoms. The maximum absolute atomic E-state index is 11.1. The third kappa shape index (κ3) is 7.53. The molecule has 1 atom stereocenters. The molecule has 0 saturated carbocycles. The number of nitrogens with zero attached hydrogens (tertiary/aromatic N) is 1. The van der Waals surface area contributed by atoms with E-state index in [0.717, 1.165) is 0 Å². The summed E-state index contributed by atoms with van der Waals surface area (Å²) in [6.45, 7) is 3.33. The fraction of sp³-hybridized carbons (Fsp3) is 0.778. The topological polar surface area (TPSA) is 74.2 Å². The number of hydrogen-bond acceptors (Lipinski definition) is 4. The maximum Gasteiger partial charge on any atom is 0.221 e. The molecule has 2 N–H and O–H groups in total. The smallest absolute Gasteiger partial charge is 0.221 e. The fourth-order valence-corrected chi connectivity index (χ4v) is 0.829. The normalized spacial score (nSPS) is 11.8. The molecule has 0 saturated heterocycles. The van der Waals surface area contributed by atoms with Gasteiger partial charge in [-0.2, -0.15) is 5.26 Å². The first-order chi connectivity index (χ1) is 6.70. The quantitative estimate of drug-likeness (QED) is 0.549. The van der Waals surface area contributed by atoms with E-state index in [0.29, 0.717) is 26.1 Å². The molecule has 0 fully saturated rings. The summed E-state index contributed by atoms with van der Waals surface area (Å²) in [6.07, 6.45) is 0.385. The van der Waals surface area contributed by atoms with Crippen molar-refractivity contribution in [3.05, 3.63) is 0 Å². The number of nitriles is 1. The first-order valence-electron chi connectivity index (χ1n) is 4.59. The standard InChI is InChI=1S/C9H17N3O2/c1-8(7-10)11-4-3-9(13)12-5-6-14-2/h8,11H,3-6H2,1-2H3,(H,12,13). The highest BCUT2D eigenvalue weighted by Gasteiger charge is 2.01. The lowest BCUT2D eigenvalue weighted by atomic mass is 10.3. The lowest BCUT2D eigenvalue weighted by molar-refractivity contribution is -0.121. The van der Waals surface area contributed by atoms with Gasteiger partial charge in [0, 0.05) is 26.6 Å². The Kier molecular flexibility index (Phi) is 7.80. The van der Waals surface area contributed by atoms with Crippen molar-refractivity contribution in [1.82, 2.24) is 10.6 Å². The highest BCUT2D eigenvalue weighted by Crippen LogP contribution is 1.81. The molecule has 0 radical (unpaired) electrons. The van der Waals surface area contributed by atoms with Crippen LogP contribution in [-0.4, -0.2) is 38.8 Å². The number of carbonyl (C=O) groups excluding carboxylic acids is 1. The van der Waals surface area contributed by atoms with E-state index in [1.54, 1.807) is 14.0 Å². The number of rotatable bonds is 7. The number of carbonyl (C=O) groups is 1. The van der Waals surface area contributed by atoms with E-state index in [1.165, 1.54) is 0 Å². The van der Waals surface area contributed by atoms with Gasteiger partial charge < -0.3 is 15.4 Å². The Morgan fingerprint density at radius 2 is 2.29 bits per heavy atom. The van der Waals surface area contributed by atoms with Crippen LogP contribution in [0.4, 0.5) is 0 Å². The van der Waals surface area contributed by atoms with Gasteiger partial charge in [0.05, 0.1) is 18.7 Å². The van der Waals surface area contributed by atoms with Crippen molar-refractivity contribution in [2.45, 2.75) is 19.4 Å². The molecule has 80 valence electrons. The van der Waals surface area contributed by atoms with Gasteiger partial charge in [0.25, 0.3) is 0 Å². The van der Waals surface area contributed by atoms with Gasteiger partial charge in [-0.25, -0.2) is 0 Å². The Bertz CT molecular complexity index is 201. The molecular formula is C9H17N3O2. The van der Waals surface area contributed by atoms with E-state index >= 15 is 0 Å². The van der Waals surface area contributed by atoms with Crippen LogP contribution in [-0.2, 0) is 9.53 Å². The molecule has 0 rings (SSSR count). The summed E-state index contributed by atoms with van der Waals surface area (Å²) in [5, 5.41) is 14.0. The summed E-state index contributed by atoms with van der Waals surface area (Å²) in [5.74, 6) is -0.0281. The molecule has 0 aliphatic rings. The predicted octanol–water partition coefficient (Wildman–Crippen LogP) is -0.359. The van der Waals surface area contributed by atoms with Gasteiger partial charge in [-0.3, -0.25) is 4.79 Å². The summed E-state index contributed by atoms with van der Waals surface area (Å²) in [7, 11) is 1.59. The van der Waals surface area contributed by atoms with Crippen molar-refractivity contribution >= 4 is 5.91 Å². The zero-order chi connectivity index (χ0) is 10.8. The molecule has 0 aromatic carbocycles. The van der Waals surface area contributed by atoms with Crippen LogP contribution in [0.25, 0.3) is 0 Å². The summed E-state index contributed by atoms with van der Waals surface area (Å²) >= 11 is 0. The Labute approximate surface area is 84.4 Å². The van der Waals surface area contributed by atoms with Crippen LogP contribution in [0.5, 0.6) is 0 Å². The summed E-state index contributed by atoms with van der Waals surface area (Å²) in [5.41, 5.74) is 0.